The summed E-state index contributed by atoms with van der Waals surface area (Å²) in [7, 11) is 0. The van der Waals surface area contributed by atoms with Crippen molar-refractivity contribution in [3.63, 3.8) is 0 Å². The van der Waals surface area contributed by atoms with Gasteiger partial charge in [-0.05, 0) is 6.07 Å². The van der Waals surface area contributed by atoms with Gasteiger partial charge in [0.15, 0.2) is 0 Å². The number of thiazole rings is 1. The molecular weight excluding hydrogens is 242 g/mol. The third kappa shape index (κ3) is 1.50. The smallest absolute Gasteiger partial charge is 0.125 e. The van der Waals surface area contributed by atoms with E-state index in [-0.39, 0.29) is 0 Å². The molecule has 1 aliphatic heterocycles. The Hall–Kier alpha value is -1.65. The van der Waals surface area contributed by atoms with Crippen molar-refractivity contribution in [1.29, 1.82) is 0 Å². The monoisotopic (exact) mass is 255 g/mol. The van der Waals surface area contributed by atoms with Crippen LogP contribution in [-0.2, 0) is 0 Å². The number of aromatic nitrogens is 2. The van der Waals surface area contributed by atoms with Gasteiger partial charge >= 0.3 is 0 Å². The summed E-state index contributed by atoms with van der Waals surface area (Å²) in [4.78, 5) is 8.09. The van der Waals surface area contributed by atoms with Crippen LogP contribution in [0.15, 0.2) is 35.8 Å². The largest absolute Gasteiger partial charge is 0.360 e. The van der Waals surface area contributed by atoms with Crippen LogP contribution in [0.5, 0.6) is 0 Å². The summed E-state index contributed by atoms with van der Waals surface area (Å²) in [5.41, 5.74) is 3.63. The van der Waals surface area contributed by atoms with Crippen LogP contribution in [0.4, 0.5) is 0 Å². The maximum absolute atomic E-state index is 4.78. The van der Waals surface area contributed by atoms with E-state index in [1.54, 1.807) is 11.3 Å². The highest BCUT2D eigenvalue weighted by Gasteiger charge is 2.22. The van der Waals surface area contributed by atoms with E-state index in [0.717, 1.165) is 18.1 Å². The second-order valence-electron chi connectivity index (χ2n) is 4.68. The number of benzene rings is 1. The molecule has 1 saturated heterocycles. The first kappa shape index (κ1) is 10.3. The molecule has 0 bridgehead atoms. The highest BCUT2D eigenvalue weighted by atomic mass is 32.1. The normalized spacial score (nSPS) is 16.0. The highest BCUT2D eigenvalue weighted by Crippen LogP contribution is 2.32. The summed E-state index contributed by atoms with van der Waals surface area (Å²) >= 11 is 1.74. The number of hydrogen-bond acceptors (Lipinski definition) is 3. The molecule has 0 atom stereocenters. The third-order valence-electron chi connectivity index (χ3n) is 3.54. The van der Waals surface area contributed by atoms with Gasteiger partial charge in [-0.1, -0.05) is 18.2 Å². The highest BCUT2D eigenvalue weighted by molar-refractivity contribution is 7.13. The fraction of sp³-hybridized carbons (Fsp3) is 0.214. The van der Waals surface area contributed by atoms with E-state index in [1.165, 1.54) is 22.2 Å². The molecule has 3 nitrogen and oxygen atoms in total. The SMILES string of the molecule is c1ccc2c(-c3nc(C4CNC4)cs3)c[nH]c2c1. The number of aromatic amines is 1. The van der Waals surface area contributed by atoms with Crippen LogP contribution in [0.2, 0.25) is 0 Å². The van der Waals surface area contributed by atoms with E-state index < -0.39 is 0 Å². The molecule has 3 aromatic rings. The first-order valence-electron chi connectivity index (χ1n) is 6.14. The fourth-order valence-electron chi connectivity index (χ4n) is 2.34. The lowest BCUT2D eigenvalue weighted by Crippen LogP contribution is -2.40. The summed E-state index contributed by atoms with van der Waals surface area (Å²) < 4.78 is 0. The van der Waals surface area contributed by atoms with Crippen LogP contribution in [0.3, 0.4) is 0 Å². The molecule has 0 radical (unpaired) electrons. The maximum Gasteiger partial charge on any atom is 0.125 e. The number of hydrogen-bond donors (Lipinski definition) is 2. The molecule has 3 heterocycles. The molecule has 0 spiro atoms. The lowest BCUT2D eigenvalue weighted by atomic mass is 10.0. The lowest BCUT2D eigenvalue weighted by molar-refractivity contribution is 0.441. The van der Waals surface area contributed by atoms with Crippen molar-refractivity contribution in [2.75, 3.05) is 13.1 Å². The van der Waals surface area contributed by atoms with Crippen LogP contribution in [0, 0.1) is 0 Å². The van der Waals surface area contributed by atoms with Crippen molar-refractivity contribution in [2.45, 2.75) is 5.92 Å². The molecule has 2 N–H and O–H groups in total. The summed E-state index contributed by atoms with van der Waals surface area (Å²) in [6, 6.07) is 8.37. The van der Waals surface area contributed by atoms with Gasteiger partial charge in [-0.25, -0.2) is 4.98 Å². The molecular formula is C14H13N3S. The van der Waals surface area contributed by atoms with E-state index in [2.05, 4.69) is 46.1 Å². The second kappa shape index (κ2) is 3.93. The molecule has 4 heteroatoms. The minimum Gasteiger partial charge on any atom is -0.360 e. The van der Waals surface area contributed by atoms with Gasteiger partial charge in [-0.15, -0.1) is 11.3 Å². The zero-order valence-corrected chi connectivity index (χ0v) is 10.6. The van der Waals surface area contributed by atoms with Gasteiger partial charge in [0.2, 0.25) is 0 Å². The number of nitrogens with one attached hydrogen (secondary N) is 2. The van der Waals surface area contributed by atoms with Crippen molar-refractivity contribution in [3.05, 3.63) is 41.5 Å². The van der Waals surface area contributed by atoms with E-state index in [4.69, 9.17) is 4.98 Å². The summed E-state index contributed by atoms with van der Waals surface area (Å²) in [6.45, 7) is 2.13. The quantitative estimate of drug-likeness (QED) is 0.739. The molecule has 0 amide bonds. The van der Waals surface area contributed by atoms with E-state index in [9.17, 15) is 0 Å². The fourth-order valence-corrected chi connectivity index (χ4v) is 3.28. The topological polar surface area (TPSA) is 40.7 Å². The molecule has 1 aromatic carbocycles. The number of nitrogens with zero attached hydrogens (tertiary/aromatic N) is 1. The summed E-state index contributed by atoms with van der Waals surface area (Å²) in [5.74, 6) is 0.611. The van der Waals surface area contributed by atoms with Crippen LogP contribution >= 0.6 is 11.3 Å². The molecule has 0 aliphatic carbocycles. The maximum atomic E-state index is 4.78. The molecule has 4 rings (SSSR count). The first-order chi connectivity index (χ1) is 8.92. The molecule has 18 heavy (non-hydrogen) atoms. The zero-order chi connectivity index (χ0) is 11.9. The number of para-hydroxylation sites is 1. The van der Waals surface area contributed by atoms with Crippen molar-refractivity contribution < 1.29 is 0 Å². The third-order valence-corrected chi connectivity index (χ3v) is 4.44. The van der Waals surface area contributed by atoms with Crippen LogP contribution in [0.25, 0.3) is 21.5 Å². The summed E-state index contributed by atoms with van der Waals surface area (Å²) in [5, 5.41) is 7.86. The molecule has 1 aliphatic rings. The Morgan fingerprint density at radius 1 is 1.22 bits per heavy atom. The Bertz CT molecular complexity index is 694. The average Bonchev–Trinajstić information content (AvgIpc) is 2.92. The number of rotatable bonds is 2. The Labute approximate surface area is 109 Å². The van der Waals surface area contributed by atoms with Gasteiger partial charge < -0.3 is 10.3 Å². The molecule has 1 fully saturated rings. The minimum atomic E-state index is 0.611. The van der Waals surface area contributed by atoms with E-state index in [1.807, 2.05) is 0 Å². The Morgan fingerprint density at radius 2 is 2.11 bits per heavy atom. The van der Waals surface area contributed by atoms with Gasteiger partial charge in [-0.2, -0.15) is 0 Å². The van der Waals surface area contributed by atoms with Crippen molar-refractivity contribution in [1.82, 2.24) is 15.3 Å². The van der Waals surface area contributed by atoms with Gasteiger partial charge in [0.05, 0.1) is 5.69 Å². The average molecular weight is 255 g/mol. The van der Waals surface area contributed by atoms with Crippen LogP contribution < -0.4 is 5.32 Å². The number of fused-ring (bicyclic) bond motifs is 1. The standard InChI is InChI=1S/C14H13N3S/c1-2-4-12-10(3-1)11(7-16-12)14-17-13(8-18-14)9-5-15-6-9/h1-4,7-9,15-16H,5-6H2. The van der Waals surface area contributed by atoms with Crippen LogP contribution in [0.1, 0.15) is 11.6 Å². The predicted octanol–water partition coefficient (Wildman–Crippen LogP) is 2.98. The summed E-state index contributed by atoms with van der Waals surface area (Å²) in [6.07, 6.45) is 2.06. The Morgan fingerprint density at radius 3 is 2.94 bits per heavy atom. The molecule has 90 valence electrons. The van der Waals surface area contributed by atoms with Crippen LogP contribution in [-0.4, -0.2) is 23.1 Å². The van der Waals surface area contributed by atoms with E-state index >= 15 is 0 Å². The second-order valence-corrected chi connectivity index (χ2v) is 5.54. The Kier molecular flexibility index (Phi) is 2.25. The van der Waals surface area contributed by atoms with Crippen molar-refractivity contribution in [2.24, 2.45) is 0 Å². The van der Waals surface area contributed by atoms with Gasteiger partial charge in [0.1, 0.15) is 5.01 Å². The minimum absolute atomic E-state index is 0.611. The van der Waals surface area contributed by atoms with Crippen molar-refractivity contribution >= 4 is 22.2 Å². The molecule has 0 saturated carbocycles. The number of H-pyrrole nitrogens is 1. The van der Waals surface area contributed by atoms with Crippen molar-refractivity contribution in [3.8, 4) is 10.6 Å². The molecule has 0 unspecified atom stereocenters. The predicted molar refractivity (Wildman–Crippen MR) is 75.0 cm³/mol. The van der Waals surface area contributed by atoms with Gasteiger partial charge in [0.25, 0.3) is 0 Å². The molecule has 2 aromatic heterocycles. The van der Waals surface area contributed by atoms with E-state index in [0.29, 0.717) is 5.92 Å². The lowest BCUT2D eigenvalue weighted by Gasteiger charge is -2.25. The van der Waals surface area contributed by atoms with Gasteiger partial charge in [-0.3, -0.25) is 0 Å². The van der Waals surface area contributed by atoms with Gasteiger partial charge in [0, 0.05) is 47.1 Å². The zero-order valence-electron chi connectivity index (χ0n) is 9.81. The first-order valence-corrected chi connectivity index (χ1v) is 7.02. The Balaban J connectivity index is 1.79.